The zero-order chi connectivity index (χ0) is 13.8. The Morgan fingerprint density at radius 2 is 2.16 bits per heavy atom. The first-order valence-electron chi connectivity index (χ1n) is 6.54. The highest BCUT2D eigenvalue weighted by atomic mass is 19.2. The van der Waals surface area contributed by atoms with E-state index in [2.05, 4.69) is 17.6 Å². The molecule has 0 aliphatic carbocycles. The van der Waals surface area contributed by atoms with Crippen LogP contribution in [0.5, 0.6) is 0 Å². The van der Waals surface area contributed by atoms with Crippen LogP contribution in [-0.2, 0) is 11.3 Å². The molecule has 19 heavy (non-hydrogen) atoms. The quantitative estimate of drug-likeness (QED) is 0.881. The number of rotatable bonds is 3. The van der Waals surface area contributed by atoms with E-state index in [4.69, 9.17) is 0 Å². The lowest BCUT2D eigenvalue weighted by Crippen LogP contribution is -2.49. The van der Waals surface area contributed by atoms with Gasteiger partial charge in [-0.1, -0.05) is 6.07 Å². The minimum Gasteiger partial charge on any atom is -0.351 e. The molecule has 0 radical (unpaired) electrons. The van der Waals surface area contributed by atoms with Crippen LogP contribution in [0.2, 0.25) is 0 Å². The molecule has 1 heterocycles. The van der Waals surface area contributed by atoms with Gasteiger partial charge in [0.25, 0.3) is 0 Å². The van der Waals surface area contributed by atoms with Gasteiger partial charge in [-0.3, -0.25) is 4.79 Å². The number of piperidine rings is 1. The Hall–Kier alpha value is -1.49. The van der Waals surface area contributed by atoms with Gasteiger partial charge in [-0.25, -0.2) is 8.78 Å². The van der Waals surface area contributed by atoms with Gasteiger partial charge in [0.05, 0.1) is 6.04 Å². The van der Waals surface area contributed by atoms with E-state index in [1.165, 1.54) is 6.07 Å². The number of hydrogen-bond acceptors (Lipinski definition) is 2. The molecule has 3 nitrogen and oxygen atoms in total. The van der Waals surface area contributed by atoms with Crippen LogP contribution in [-0.4, -0.2) is 18.0 Å². The van der Waals surface area contributed by atoms with Crippen molar-refractivity contribution in [1.82, 2.24) is 10.6 Å². The second-order valence-corrected chi connectivity index (χ2v) is 5.02. The third-order valence-corrected chi connectivity index (χ3v) is 3.38. The van der Waals surface area contributed by atoms with E-state index in [9.17, 15) is 13.6 Å². The van der Waals surface area contributed by atoms with Gasteiger partial charge in [0, 0.05) is 12.6 Å². The Kier molecular flexibility index (Phi) is 4.47. The summed E-state index contributed by atoms with van der Waals surface area (Å²) < 4.78 is 25.8. The zero-order valence-corrected chi connectivity index (χ0v) is 10.9. The summed E-state index contributed by atoms with van der Waals surface area (Å²) in [6.45, 7) is 2.26. The minimum absolute atomic E-state index is 0.0868. The van der Waals surface area contributed by atoms with Gasteiger partial charge < -0.3 is 10.6 Å². The minimum atomic E-state index is -0.892. The molecule has 0 saturated carbocycles. The van der Waals surface area contributed by atoms with Gasteiger partial charge >= 0.3 is 0 Å². The predicted octanol–water partition coefficient (Wildman–Crippen LogP) is 2.11. The maximum absolute atomic E-state index is 13.0. The molecule has 0 bridgehead atoms. The van der Waals surface area contributed by atoms with Crippen LogP contribution in [0.1, 0.15) is 31.7 Å². The van der Waals surface area contributed by atoms with Gasteiger partial charge in [0.15, 0.2) is 11.6 Å². The molecule has 1 aliphatic heterocycles. The molecule has 1 aromatic carbocycles. The van der Waals surface area contributed by atoms with Gasteiger partial charge in [0.1, 0.15) is 0 Å². The Labute approximate surface area is 111 Å². The van der Waals surface area contributed by atoms with Crippen LogP contribution in [0.3, 0.4) is 0 Å². The number of amides is 1. The summed E-state index contributed by atoms with van der Waals surface area (Å²) in [5.41, 5.74) is 0.552. The van der Waals surface area contributed by atoms with Crippen molar-refractivity contribution in [3.8, 4) is 0 Å². The second kappa shape index (κ2) is 6.10. The van der Waals surface area contributed by atoms with Gasteiger partial charge in [-0.05, 0) is 43.9 Å². The second-order valence-electron chi connectivity index (χ2n) is 5.02. The Morgan fingerprint density at radius 3 is 2.84 bits per heavy atom. The summed E-state index contributed by atoms with van der Waals surface area (Å²) in [4.78, 5) is 11.9. The van der Waals surface area contributed by atoms with Gasteiger partial charge in [-0.2, -0.15) is 0 Å². The third kappa shape index (κ3) is 3.73. The summed E-state index contributed by atoms with van der Waals surface area (Å²) in [6, 6.07) is 3.79. The highest BCUT2D eigenvalue weighted by Crippen LogP contribution is 2.13. The topological polar surface area (TPSA) is 41.1 Å². The number of carbonyl (C=O) groups excluding carboxylic acids is 1. The van der Waals surface area contributed by atoms with Crippen molar-refractivity contribution >= 4 is 5.91 Å². The van der Waals surface area contributed by atoms with Crippen molar-refractivity contribution in [3.05, 3.63) is 35.4 Å². The van der Waals surface area contributed by atoms with E-state index in [1.807, 2.05) is 0 Å². The number of benzene rings is 1. The molecule has 5 heteroatoms. The lowest BCUT2D eigenvalue weighted by Gasteiger charge is -2.27. The summed E-state index contributed by atoms with van der Waals surface area (Å²) in [5.74, 6) is -1.86. The molecule has 1 aliphatic rings. The fourth-order valence-electron chi connectivity index (χ4n) is 2.31. The van der Waals surface area contributed by atoms with Crippen molar-refractivity contribution in [2.24, 2.45) is 0 Å². The van der Waals surface area contributed by atoms with E-state index < -0.39 is 11.6 Å². The van der Waals surface area contributed by atoms with E-state index >= 15 is 0 Å². The van der Waals surface area contributed by atoms with Crippen molar-refractivity contribution in [2.45, 2.75) is 44.8 Å². The highest BCUT2D eigenvalue weighted by Gasteiger charge is 2.23. The molecular weight excluding hydrogens is 250 g/mol. The SMILES string of the molecule is CC1CCCC(C(=O)NCc2ccc(F)c(F)c2)N1. The fourth-order valence-corrected chi connectivity index (χ4v) is 2.31. The molecule has 2 rings (SSSR count). The molecular formula is C14H18F2N2O. The molecule has 2 N–H and O–H groups in total. The van der Waals surface area contributed by atoms with E-state index in [-0.39, 0.29) is 18.5 Å². The number of halogens is 2. The molecule has 2 atom stereocenters. The lowest BCUT2D eigenvalue weighted by molar-refractivity contribution is -0.124. The first-order chi connectivity index (χ1) is 9.06. The van der Waals surface area contributed by atoms with Gasteiger partial charge in [-0.15, -0.1) is 0 Å². The number of hydrogen-bond donors (Lipinski definition) is 2. The van der Waals surface area contributed by atoms with Crippen LogP contribution >= 0.6 is 0 Å². The Bertz CT molecular complexity index is 465. The van der Waals surface area contributed by atoms with Crippen LogP contribution in [0.4, 0.5) is 8.78 Å². The van der Waals surface area contributed by atoms with Crippen molar-refractivity contribution < 1.29 is 13.6 Å². The average Bonchev–Trinajstić information content (AvgIpc) is 2.40. The van der Waals surface area contributed by atoms with E-state index in [1.54, 1.807) is 0 Å². The first-order valence-corrected chi connectivity index (χ1v) is 6.54. The van der Waals surface area contributed by atoms with Crippen LogP contribution < -0.4 is 10.6 Å². The smallest absolute Gasteiger partial charge is 0.237 e. The van der Waals surface area contributed by atoms with Gasteiger partial charge in [0.2, 0.25) is 5.91 Å². The molecule has 1 saturated heterocycles. The maximum Gasteiger partial charge on any atom is 0.237 e. The number of carbonyl (C=O) groups is 1. The molecule has 1 fully saturated rings. The van der Waals surface area contributed by atoms with Crippen LogP contribution in [0.25, 0.3) is 0 Å². The Morgan fingerprint density at radius 1 is 1.37 bits per heavy atom. The Balaban J connectivity index is 1.87. The van der Waals surface area contributed by atoms with Crippen LogP contribution in [0.15, 0.2) is 18.2 Å². The molecule has 0 aromatic heterocycles. The largest absolute Gasteiger partial charge is 0.351 e. The van der Waals surface area contributed by atoms with Crippen molar-refractivity contribution in [3.63, 3.8) is 0 Å². The summed E-state index contributed by atoms with van der Waals surface area (Å²) >= 11 is 0. The van der Waals surface area contributed by atoms with E-state index in [0.717, 1.165) is 31.4 Å². The molecule has 104 valence electrons. The number of nitrogens with one attached hydrogen (secondary N) is 2. The van der Waals surface area contributed by atoms with Crippen molar-refractivity contribution in [2.75, 3.05) is 0 Å². The zero-order valence-electron chi connectivity index (χ0n) is 10.9. The lowest BCUT2D eigenvalue weighted by atomic mass is 9.99. The van der Waals surface area contributed by atoms with Crippen LogP contribution in [0, 0.1) is 11.6 Å². The predicted molar refractivity (Wildman–Crippen MR) is 68.4 cm³/mol. The standard InChI is InChI=1S/C14H18F2N2O/c1-9-3-2-4-13(18-9)14(19)17-8-10-5-6-11(15)12(16)7-10/h5-7,9,13,18H,2-4,8H2,1H3,(H,17,19). The normalized spacial score (nSPS) is 23.1. The van der Waals surface area contributed by atoms with Crippen molar-refractivity contribution in [1.29, 1.82) is 0 Å². The molecule has 0 spiro atoms. The summed E-state index contributed by atoms with van der Waals surface area (Å²) in [6.07, 6.45) is 2.92. The molecule has 2 unspecified atom stereocenters. The summed E-state index contributed by atoms with van der Waals surface area (Å²) in [7, 11) is 0. The first kappa shape index (κ1) is 13.9. The maximum atomic E-state index is 13.0. The summed E-state index contributed by atoms with van der Waals surface area (Å²) in [5, 5.41) is 5.97. The average molecular weight is 268 g/mol. The molecule has 1 aromatic rings. The molecule has 1 amide bonds. The third-order valence-electron chi connectivity index (χ3n) is 3.38. The highest BCUT2D eigenvalue weighted by molar-refractivity contribution is 5.81. The monoisotopic (exact) mass is 268 g/mol. The van der Waals surface area contributed by atoms with E-state index in [0.29, 0.717) is 11.6 Å². The fraction of sp³-hybridized carbons (Fsp3) is 0.500.